The number of benzene rings is 2. The zero-order valence-electron chi connectivity index (χ0n) is 7.53. The highest BCUT2D eigenvalue weighted by Crippen LogP contribution is 2.24. The minimum absolute atomic E-state index is 0.404. The molecule has 70 valence electrons. The second-order valence-corrected chi connectivity index (χ2v) is 3.55. The molecule has 0 saturated carbocycles. The van der Waals surface area contributed by atoms with Crippen LogP contribution in [0.5, 0.6) is 0 Å². The SMILES string of the molecule is NC(=S)c1ccc(N)c2ccccc12. The van der Waals surface area contributed by atoms with Gasteiger partial charge in [-0.2, -0.15) is 0 Å². The molecule has 0 atom stereocenters. The summed E-state index contributed by atoms with van der Waals surface area (Å²) >= 11 is 4.97. The smallest absolute Gasteiger partial charge is 0.104 e. The van der Waals surface area contributed by atoms with Crippen LogP contribution >= 0.6 is 12.2 Å². The van der Waals surface area contributed by atoms with Gasteiger partial charge in [0.2, 0.25) is 0 Å². The lowest BCUT2D eigenvalue weighted by Gasteiger charge is -2.06. The predicted molar refractivity (Wildman–Crippen MR) is 64.2 cm³/mol. The fourth-order valence-electron chi connectivity index (χ4n) is 1.54. The van der Waals surface area contributed by atoms with E-state index in [-0.39, 0.29) is 0 Å². The zero-order valence-corrected chi connectivity index (χ0v) is 8.34. The van der Waals surface area contributed by atoms with Gasteiger partial charge in [0, 0.05) is 16.6 Å². The second-order valence-electron chi connectivity index (χ2n) is 3.11. The molecule has 2 aromatic carbocycles. The fourth-order valence-corrected chi connectivity index (χ4v) is 1.72. The van der Waals surface area contributed by atoms with Crippen molar-refractivity contribution in [2.75, 3.05) is 5.73 Å². The van der Waals surface area contributed by atoms with Crippen LogP contribution in [0.2, 0.25) is 0 Å². The van der Waals surface area contributed by atoms with Gasteiger partial charge in [-0.1, -0.05) is 36.5 Å². The first-order valence-electron chi connectivity index (χ1n) is 4.27. The second kappa shape index (κ2) is 3.27. The number of hydrogen-bond donors (Lipinski definition) is 2. The molecule has 0 aliphatic rings. The van der Waals surface area contributed by atoms with Crippen molar-refractivity contribution in [3.8, 4) is 0 Å². The molecular formula is C11H10N2S. The van der Waals surface area contributed by atoms with Crippen LogP contribution in [-0.2, 0) is 0 Å². The highest BCUT2D eigenvalue weighted by atomic mass is 32.1. The van der Waals surface area contributed by atoms with E-state index in [1.807, 2.05) is 36.4 Å². The molecule has 0 heterocycles. The van der Waals surface area contributed by atoms with Crippen molar-refractivity contribution in [2.24, 2.45) is 5.73 Å². The van der Waals surface area contributed by atoms with E-state index in [1.54, 1.807) is 0 Å². The van der Waals surface area contributed by atoms with Crippen LogP contribution in [0.25, 0.3) is 10.8 Å². The van der Waals surface area contributed by atoms with Crippen LogP contribution in [-0.4, -0.2) is 4.99 Å². The van der Waals surface area contributed by atoms with Gasteiger partial charge in [0.25, 0.3) is 0 Å². The molecule has 0 fully saturated rings. The van der Waals surface area contributed by atoms with E-state index in [4.69, 9.17) is 23.7 Å². The van der Waals surface area contributed by atoms with E-state index in [2.05, 4.69) is 0 Å². The molecule has 4 N–H and O–H groups in total. The number of fused-ring (bicyclic) bond motifs is 1. The van der Waals surface area contributed by atoms with Gasteiger partial charge < -0.3 is 11.5 Å². The number of thiocarbonyl (C=S) groups is 1. The molecule has 0 unspecified atom stereocenters. The van der Waals surface area contributed by atoms with Crippen LogP contribution in [0.4, 0.5) is 5.69 Å². The molecule has 0 bridgehead atoms. The van der Waals surface area contributed by atoms with Crippen LogP contribution < -0.4 is 11.5 Å². The summed E-state index contributed by atoms with van der Waals surface area (Å²) in [6.07, 6.45) is 0. The van der Waals surface area contributed by atoms with Crippen molar-refractivity contribution in [3.05, 3.63) is 42.0 Å². The molecule has 2 aromatic rings. The van der Waals surface area contributed by atoms with Crippen molar-refractivity contribution in [2.45, 2.75) is 0 Å². The van der Waals surface area contributed by atoms with E-state index in [1.165, 1.54) is 0 Å². The molecule has 0 saturated heterocycles. The van der Waals surface area contributed by atoms with Crippen LogP contribution in [0.1, 0.15) is 5.56 Å². The van der Waals surface area contributed by atoms with Crippen LogP contribution in [0.3, 0.4) is 0 Å². The molecule has 0 aliphatic heterocycles. The van der Waals surface area contributed by atoms with E-state index in [0.29, 0.717) is 4.99 Å². The molecule has 2 rings (SSSR count). The summed E-state index contributed by atoms with van der Waals surface area (Å²) in [6.45, 7) is 0. The third-order valence-corrected chi connectivity index (χ3v) is 2.44. The first-order valence-corrected chi connectivity index (χ1v) is 4.68. The van der Waals surface area contributed by atoms with Gasteiger partial charge in [0.05, 0.1) is 0 Å². The maximum absolute atomic E-state index is 5.84. The maximum atomic E-state index is 5.84. The van der Waals surface area contributed by atoms with Crippen molar-refractivity contribution in [1.29, 1.82) is 0 Å². The third kappa shape index (κ3) is 1.32. The molecular weight excluding hydrogens is 192 g/mol. The number of nitrogens with two attached hydrogens (primary N) is 2. The predicted octanol–water partition coefficient (Wildman–Crippen LogP) is 2.06. The standard InChI is InChI=1S/C11H10N2S/c12-10-6-5-9(11(13)14)7-3-1-2-4-8(7)10/h1-6H,12H2,(H2,13,14). The molecule has 0 radical (unpaired) electrons. The number of hydrogen-bond acceptors (Lipinski definition) is 2. The van der Waals surface area contributed by atoms with E-state index < -0.39 is 0 Å². The molecule has 3 heteroatoms. The van der Waals surface area contributed by atoms with Crippen LogP contribution in [0, 0.1) is 0 Å². The van der Waals surface area contributed by atoms with Gasteiger partial charge in [-0.05, 0) is 17.5 Å². The Balaban J connectivity index is 2.88. The normalized spacial score (nSPS) is 10.3. The topological polar surface area (TPSA) is 52.0 Å². The molecule has 0 amide bonds. The lowest BCUT2D eigenvalue weighted by molar-refractivity contribution is 1.66. The summed E-state index contributed by atoms with van der Waals surface area (Å²) in [6, 6.07) is 11.5. The van der Waals surface area contributed by atoms with E-state index in [0.717, 1.165) is 22.0 Å². The summed E-state index contributed by atoms with van der Waals surface area (Å²) in [5.41, 5.74) is 13.1. The van der Waals surface area contributed by atoms with Crippen molar-refractivity contribution in [1.82, 2.24) is 0 Å². The quantitative estimate of drug-likeness (QED) is 0.549. The van der Waals surface area contributed by atoms with Gasteiger partial charge in [-0.25, -0.2) is 0 Å². The number of rotatable bonds is 1. The number of nitrogen functional groups attached to an aromatic ring is 1. The third-order valence-electron chi connectivity index (χ3n) is 2.22. The van der Waals surface area contributed by atoms with Gasteiger partial charge in [0.15, 0.2) is 0 Å². The largest absolute Gasteiger partial charge is 0.398 e. The Morgan fingerprint density at radius 1 is 1.00 bits per heavy atom. The van der Waals surface area contributed by atoms with Gasteiger partial charge in [-0.3, -0.25) is 0 Å². The number of anilines is 1. The molecule has 2 nitrogen and oxygen atoms in total. The van der Waals surface area contributed by atoms with E-state index >= 15 is 0 Å². The zero-order chi connectivity index (χ0) is 10.1. The molecule has 0 aliphatic carbocycles. The van der Waals surface area contributed by atoms with Gasteiger partial charge in [0.1, 0.15) is 4.99 Å². The highest BCUT2D eigenvalue weighted by Gasteiger charge is 2.04. The summed E-state index contributed by atoms with van der Waals surface area (Å²) in [4.78, 5) is 0.404. The minimum Gasteiger partial charge on any atom is -0.398 e. The van der Waals surface area contributed by atoms with Crippen molar-refractivity contribution >= 4 is 33.7 Å². The highest BCUT2D eigenvalue weighted by molar-refractivity contribution is 7.80. The Kier molecular flexibility index (Phi) is 2.09. The first kappa shape index (κ1) is 8.97. The van der Waals surface area contributed by atoms with Crippen molar-refractivity contribution < 1.29 is 0 Å². The Morgan fingerprint density at radius 2 is 1.64 bits per heavy atom. The Morgan fingerprint density at radius 3 is 2.29 bits per heavy atom. The lowest BCUT2D eigenvalue weighted by Crippen LogP contribution is -2.10. The first-order chi connectivity index (χ1) is 6.70. The Labute approximate surface area is 87.5 Å². The summed E-state index contributed by atoms with van der Waals surface area (Å²) in [7, 11) is 0. The van der Waals surface area contributed by atoms with E-state index in [9.17, 15) is 0 Å². The van der Waals surface area contributed by atoms with Crippen LogP contribution in [0.15, 0.2) is 36.4 Å². The fraction of sp³-hybridized carbons (Fsp3) is 0. The Bertz CT molecular complexity index is 506. The van der Waals surface area contributed by atoms with Gasteiger partial charge >= 0.3 is 0 Å². The molecule has 0 aromatic heterocycles. The van der Waals surface area contributed by atoms with Crippen molar-refractivity contribution in [3.63, 3.8) is 0 Å². The summed E-state index contributed by atoms with van der Waals surface area (Å²) in [5, 5.41) is 2.01. The molecule has 14 heavy (non-hydrogen) atoms. The summed E-state index contributed by atoms with van der Waals surface area (Å²) in [5.74, 6) is 0. The molecule has 0 spiro atoms. The lowest BCUT2D eigenvalue weighted by atomic mass is 10.0. The minimum atomic E-state index is 0.404. The Hall–Kier alpha value is -1.61. The maximum Gasteiger partial charge on any atom is 0.104 e. The van der Waals surface area contributed by atoms with Gasteiger partial charge in [-0.15, -0.1) is 0 Å². The monoisotopic (exact) mass is 202 g/mol. The summed E-state index contributed by atoms with van der Waals surface area (Å²) < 4.78 is 0. The average molecular weight is 202 g/mol. The average Bonchev–Trinajstić information content (AvgIpc) is 2.18.